The largest absolute Gasteiger partial charge is 0.288 e. The van der Waals surface area contributed by atoms with Crippen LogP contribution >= 0.6 is 11.5 Å². The Morgan fingerprint density at radius 2 is 2.11 bits per heavy atom. The molecule has 0 saturated carbocycles. The van der Waals surface area contributed by atoms with Crippen LogP contribution in [0.3, 0.4) is 0 Å². The molecule has 0 spiro atoms. The maximum Gasteiger partial charge on any atom is 0.206 e. The van der Waals surface area contributed by atoms with E-state index in [9.17, 15) is 4.79 Å². The highest BCUT2D eigenvalue weighted by Gasteiger charge is 2.18. The van der Waals surface area contributed by atoms with Gasteiger partial charge in [-0.15, -0.1) is 5.10 Å². The van der Waals surface area contributed by atoms with E-state index in [0.29, 0.717) is 4.88 Å². The zero-order valence-corrected chi connectivity index (χ0v) is 11.7. The lowest BCUT2D eigenvalue weighted by molar-refractivity contribution is 0.104. The minimum absolute atomic E-state index is 0.0472. The van der Waals surface area contributed by atoms with Gasteiger partial charge in [-0.2, -0.15) is 0 Å². The quantitative estimate of drug-likeness (QED) is 0.792. The number of aromatic nitrogens is 2. The standard InChI is InChI=1S/C14H16N2OS/c1-4-5-12-14(18-16-15-12)13(17)11-7-6-9(2)8-10(11)3/h6-8H,4-5H2,1-3H3. The zero-order valence-electron chi connectivity index (χ0n) is 10.9. The van der Waals surface area contributed by atoms with Gasteiger partial charge in [0.1, 0.15) is 4.88 Å². The fourth-order valence-corrected chi connectivity index (χ4v) is 2.63. The van der Waals surface area contributed by atoms with Gasteiger partial charge >= 0.3 is 0 Å². The number of hydrogen-bond acceptors (Lipinski definition) is 4. The van der Waals surface area contributed by atoms with Crippen LogP contribution in [0.15, 0.2) is 18.2 Å². The first-order valence-electron chi connectivity index (χ1n) is 6.06. The van der Waals surface area contributed by atoms with Crippen LogP contribution < -0.4 is 0 Å². The van der Waals surface area contributed by atoms with Crippen molar-refractivity contribution in [1.29, 1.82) is 0 Å². The Bertz CT molecular complexity index is 575. The number of nitrogens with zero attached hydrogens (tertiary/aromatic N) is 2. The monoisotopic (exact) mass is 260 g/mol. The number of aryl methyl sites for hydroxylation is 3. The number of benzene rings is 1. The molecule has 1 aromatic heterocycles. The first-order valence-corrected chi connectivity index (χ1v) is 6.84. The Kier molecular flexibility index (Phi) is 3.87. The Hall–Kier alpha value is -1.55. The molecule has 0 N–H and O–H groups in total. The number of rotatable bonds is 4. The van der Waals surface area contributed by atoms with Crippen LogP contribution in [0.1, 0.15) is 45.4 Å². The SMILES string of the molecule is CCCc1nnsc1C(=O)c1ccc(C)cc1C. The highest BCUT2D eigenvalue weighted by Crippen LogP contribution is 2.20. The van der Waals surface area contributed by atoms with Crippen molar-refractivity contribution in [3.8, 4) is 0 Å². The summed E-state index contributed by atoms with van der Waals surface area (Å²) in [7, 11) is 0. The molecule has 0 aliphatic carbocycles. The lowest BCUT2D eigenvalue weighted by Gasteiger charge is -2.05. The second-order valence-electron chi connectivity index (χ2n) is 4.45. The van der Waals surface area contributed by atoms with Gasteiger partial charge in [0.2, 0.25) is 5.78 Å². The van der Waals surface area contributed by atoms with E-state index in [1.807, 2.05) is 32.0 Å². The van der Waals surface area contributed by atoms with Crippen molar-refractivity contribution in [1.82, 2.24) is 9.59 Å². The summed E-state index contributed by atoms with van der Waals surface area (Å²) in [6.45, 7) is 6.07. The Labute approximate surface area is 111 Å². The summed E-state index contributed by atoms with van der Waals surface area (Å²) >= 11 is 1.19. The van der Waals surface area contributed by atoms with Gasteiger partial charge < -0.3 is 0 Å². The minimum atomic E-state index is 0.0472. The summed E-state index contributed by atoms with van der Waals surface area (Å²) in [6, 6.07) is 5.89. The molecule has 4 heteroatoms. The van der Waals surface area contributed by atoms with E-state index < -0.39 is 0 Å². The van der Waals surface area contributed by atoms with E-state index in [4.69, 9.17) is 0 Å². The number of carbonyl (C=O) groups excluding carboxylic acids is 1. The van der Waals surface area contributed by atoms with Gasteiger partial charge in [-0.25, -0.2) is 0 Å². The van der Waals surface area contributed by atoms with E-state index in [-0.39, 0.29) is 5.78 Å². The molecule has 0 aliphatic rings. The summed E-state index contributed by atoms with van der Waals surface area (Å²) in [5.41, 5.74) is 3.76. The van der Waals surface area contributed by atoms with Crippen LogP contribution in [-0.4, -0.2) is 15.4 Å². The van der Waals surface area contributed by atoms with E-state index in [2.05, 4.69) is 16.5 Å². The van der Waals surface area contributed by atoms with Crippen molar-refractivity contribution in [2.75, 3.05) is 0 Å². The van der Waals surface area contributed by atoms with Crippen molar-refractivity contribution in [2.24, 2.45) is 0 Å². The first-order chi connectivity index (χ1) is 8.63. The van der Waals surface area contributed by atoms with Crippen molar-refractivity contribution >= 4 is 17.3 Å². The van der Waals surface area contributed by atoms with Gasteiger partial charge in [0.25, 0.3) is 0 Å². The third-order valence-corrected chi connectivity index (χ3v) is 3.64. The molecule has 1 aromatic carbocycles. The zero-order chi connectivity index (χ0) is 13.1. The smallest absolute Gasteiger partial charge is 0.206 e. The van der Waals surface area contributed by atoms with Crippen LogP contribution in [0.5, 0.6) is 0 Å². The summed E-state index contributed by atoms with van der Waals surface area (Å²) < 4.78 is 3.91. The molecule has 0 amide bonds. The van der Waals surface area contributed by atoms with Gasteiger partial charge in [-0.05, 0) is 37.4 Å². The van der Waals surface area contributed by atoms with Gasteiger partial charge in [0, 0.05) is 5.56 Å². The molecule has 2 aromatic rings. The molecule has 0 unspecified atom stereocenters. The first kappa shape index (κ1) is 12.9. The number of hydrogen-bond donors (Lipinski definition) is 0. The molecule has 18 heavy (non-hydrogen) atoms. The summed E-state index contributed by atoms with van der Waals surface area (Å²) in [4.78, 5) is 13.1. The molecular weight excluding hydrogens is 244 g/mol. The van der Waals surface area contributed by atoms with Crippen molar-refractivity contribution in [3.05, 3.63) is 45.5 Å². The normalized spacial score (nSPS) is 10.6. The molecule has 0 radical (unpaired) electrons. The fourth-order valence-electron chi connectivity index (χ4n) is 1.97. The highest BCUT2D eigenvalue weighted by atomic mass is 32.1. The molecular formula is C14H16N2OS. The van der Waals surface area contributed by atoms with Gasteiger partial charge in [-0.1, -0.05) is 41.6 Å². The third-order valence-electron chi connectivity index (χ3n) is 2.88. The maximum absolute atomic E-state index is 12.5. The summed E-state index contributed by atoms with van der Waals surface area (Å²) in [6.07, 6.45) is 1.78. The summed E-state index contributed by atoms with van der Waals surface area (Å²) in [5, 5.41) is 4.05. The van der Waals surface area contributed by atoms with E-state index in [1.54, 1.807) is 0 Å². The highest BCUT2D eigenvalue weighted by molar-refractivity contribution is 7.08. The maximum atomic E-state index is 12.5. The predicted octanol–water partition coefficient (Wildman–Crippen LogP) is 3.34. The van der Waals surface area contributed by atoms with E-state index >= 15 is 0 Å². The molecule has 0 aliphatic heterocycles. The second kappa shape index (κ2) is 5.40. The van der Waals surface area contributed by atoms with Crippen molar-refractivity contribution in [3.63, 3.8) is 0 Å². The van der Waals surface area contributed by atoms with Crippen LogP contribution in [0.25, 0.3) is 0 Å². The molecule has 0 atom stereocenters. The van der Waals surface area contributed by atoms with Gasteiger partial charge in [-0.3, -0.25) is 4.79 Å². The average Bonchev–Trinajstić information content (AvgIpc) is 2.77. The lowest BCUT2D eigenvalue weighted by atomic mass is 10.0. The Morgan fingerprint density at radius 3 is 2.78 bits per heavy atom. The second-order valence-corrected chi connectivity index (χ2v) is 5.20. The topological polar surface area (TPSA) is 42.9 Å². The number of carbonyl (C=O) groups is 1. The van der Waals surface area contributed by atoms with Crippen LogP contribution in [0.2, 0.25) is 0 Å². The van der Waals surface area contributed by atoms with Crippen LogP contribution in [-0.2, 0) is 6.42 Å². The minimum Gasteiger partial charge on any atom is -0.288 e. The van der Waals surface area contributed by atoms with Crippen molar-refractivity contribution < 1.29 is 4.79 Å². The fraction of sp³-hybridized carbons (Fsp3) is 0.357. The van der Waals surface area contributed by atoms with Crippen molar-refractivity contribution in [2.45, 2.75) is 33.6 Å². The molecule has 1 heterocycles. The predicted molar refractivity (Wildman–Crippen MR) is 73.3 cm³/mol. The van der Waals surface area contributed by atoms with Crippen LogP contribution in [0.4, 0.5) is 0 Å². The molecule has 2 rings (SSSR count). The van der Waals surface area contributed by atoms with Gasteiger partial charge in [0.05, 0.1) is 5.69 Å². The molecule has 0 fully saturated rings. The third kappa shape index (κ3) is 2.48. The van der Waals surface area contributed by atoms with E-state index in [1.165, 1.54) is 17.1 Å². The lowest BCUT2D eigenvalue weighted by Crippen LogP contribution is -2.05. The molecule has 94 valence electrons. The Balaban J connectivity index is 2.38. The molecule has 0 bridgehead atoms. The Morgan fingerprint density at radius 1 is 1.33 bits per heavy atom. The van der Waals surface area contributed by atoms with Crippen LogP contribution in [0, 0.1) is 13.8 Å². The molecule has 0 saturated heterocycles. The average molecular weight is 260 g/mol. The van der Waals surface area contributed by atoms with Gasteiger partial charge in [0.15, 0.2) is 0 Å². The summed E-state index contributed by atoms with van der Waals surface area (Å²) in [5.74, 6) is 0.0472. The molecule has 3 nitrogen and oxygen atoms in total. The number of ketones is 1. The van der Waals surface area contributed by atoms with E-state index in [0.717, 1.165) is 29.7 Å².